The highest BCUT2D eigenvalue weighted by molar-refractivity contribution is 4.98. The summed E-state index contributed by atoms with van der Waals surface area (Å²) in [4.78, 5) is 0. The lowest BCUT2D eigenvalue weighted by Gasteiger charge is -2.28. The van der Waals surface area contributed by atoms with Crippen LogP contribution in [0.3, 0.4) is 0 Å². The molecule has 4 heteroatoms. The van der Waals surface area contributed by atoms with Gasteiger partial charge in [-0.05, 0) is 25.2 Å². The largest absolute Gasteiger partial charge is 0.387 e. The number of nitrogens with zero attached hydrogens (tertiary/aromatic N) is 3. The molecule has 3 atom stereocenters. The van der Waals surface area contributed by atoms with Crippen molar-refractivity contribution in [1.82, 2.24) is 15.0 Å². The van der Waals surface area contributed by atoms with Crippen LogP contribution in [-0.2, 0) is 0 Å². The van der Waals surface area contributed by atoms with E-state index < -0.39 is 6.10 Å². The van der Waals surface area contributed by atoms with Crippen molar-refractivity contribution in [2.45, 2.75) is 64.5 Å². The lowest BCUT2D eigenvalue weighted by Crippen LogP contribution is -2.19. The minimum absolute atomic E-state index is 0.464. The Kier molecular flexibility index (Phi) is 4.15. The van der Waals surface area contributed by atoms with Crippen LogP contribution in [0.4, 0.5) is 0 Å². The molecule has 1 heterocycles. The highest BCUT2D eigenvalue weighted by Gasteiger charge is 2.23. The molecule has 4 nitrogen and oxygen atoms in total. The summed E-state index contributed by atoms with van der Waals surface area (Å²) in [6, 6.07) is 0.485. The summed E-state index contributed by atoms with van der Waals surface area (Å²) in [7, 11) is 0. The van der Waals surface area contributed by atoms with E-state index in [-0.39, 0.29) is 0 Å². The first-order chi connectivity index (χ1) is 8.24. The first kappa shape index (κ1) is 12.6. The average molecular weight is 237 g/mol. The van der Waals surface area contributed by atoms with Gasteiger partial charge in [0.2, 0.25) is 0 Å². The van der Waals surface area contributed by atoms with Crippen molar-refractivity contribution in [3.05, 3.63) is 11.9 Å². The molecule has 1 aromatic heterocycles. The second-order valence-corrected chi connectivity index (χ2v) is 5.14. The summed E-state index contributed by atoms with van der Waals surface area (Å²) in [5, 5.41) is 18.0. The van der Waals surface area contributed by atoms with Gasteiger partial charge in [0.25, 0.3) is 0 Å². The molecule has 1 saturated carbocycles. The first-order valence-electron chi connectivity index (χ1n) is 6.84. The Balaban J connectivity index is 2.04. The van der Waals surface area contributed by atoms with E-state index in [0.29, 0.717) is 18.2 Å². The topological polar surface area (TPSA) is 50.9 Å². The van der Waals surface area contributed by atoms with Gasteiger partial charge in [-0.3, -0.25) is 0 Å². The fourth-order valence-electron chi connectivity index (χ4n) is 2.70. The molecule has 0 amide bonds. The molecule has 1 fully saturated rings. The highest BCUT2D eigenvalue weighted by atomic mass is 16.3. The van der Waals surface area contributed by atoms with Crippen molar-refractivity contribution in [2.24, 2.45) is 5.92 Å². The van der Waals surface area contributed by atoms with Crippen LogP contribution < -0.4 is 0 Å². The second-order valence-electron chi connectivity index (χ2n) is 5.14. The van der Waals surface area contributed by atoms with E-state index in [9.17, 15) is 5.11 Å². The quantitative estimate of drug-likeness (QED) is 0.876. The maximum Gasteiger partial charge on any atom is 0.111 e. The van der Waals surface area contributed by atoms with Gasteiger partial charge < -0.3 is 5.11 Å². The molecule has 0 aliphatic heterocycles. The molecule has 1 aliphatic rings. The third-order valence-electron chi connectivity index (χ3n) is 3.96. The molecule has 0 bridgehead atoms. The van der Waals surface area contributed by atoms with Crippen molar-refractivity contribution >= 4 is 0 Å². The van der Waals surface area contributed by atoms with Crippen molar-refractivity contribution in [3.63, 3.8) is 0 Å². The molecule has 0 radical (unpaired) electrons. The highest BCUT2D eigenvalue weighted by Crippen LogP contribution is 2.33. The summed E-state index contributed by atoms with van der Waals surface area (Å²) >= 11 is 0. The van der Waals surface area contributed by atoms with E-state index in [1.54, 1.807) is 0 Å². The Morgan fingerprint density at radius 3 is 3.00 bits per heavy atom. The van der Waals surface area contributed by atoms with Crippen LogP contribution in [0.1, 0.15) is 70.2 Å². The molecule has 1 aliphatic carbocycles. The van der Waals surface area contributed by atoms with Gasteiger partial charge in [-0.1, -0.05) is 38.3 Å². The summed E-state index contributed by atoms with van der Waals surface area (Å²) in [5.41, 5.74) is 0.714. The number of hydrogen-bond donors (Lipinski definition) is 1. The van der Waals surface area contributed by atoms with Crippen molar-refractivity contribution in [2.75, 3.05) is 0 Å². The van der Waals surface area contributed by atoms with Crippen LogP contribution >= 0.6 is 0 Å². The van der Waals surface area contributed by atoms with E-state index >= 15 is 0 Å². The van der Waals surface area contributed by atoms with Crippen molar-refractivity contribution in [3.8, 4) is 0 Å². The number of aliphatic hydroxyl groups excluding tert-OH is 1. The summed E-state index contributed by atoms with van der Waals surface area (Å²) < 4.78 is 1.97. The zero-order valence-corrected chi connectivity index (χ0v) is 10.8. The molecule has 1 N–H and O–H groups in total. The average Bonchev–Trinajstić information content (AvgIpc) is 2.87. The van der Waals surface area contributed by atoms with Crippen LogP contribution in [0.25, 0.3) is 0 Å². The number of hydrogen-bond acceptors (Lipinski definition) is 3. The number of aromatic nitrogens is 3. The molecule has 0 saturated heterocycles. The van der Waals surface area contributed by atoms with E-state index in [1.807, 2.05) is 17.8 Å². The first-order valence-corrected chi connectivity index (χ1v) is 6.84. The van der Waals surface area contributed by atoms with Gasteiger partial charge in [0, 0.05) is 0 Å². The maximum atomic E-state index is 9.72. The van der Waals surface area contributed by atoms with Gasteiger partial charge >= 0.3 is 0 Å². The zero-order valence-electron chi connectivity index (χ0n) is 10.8. The molecule has 96 valence electrons. The Labute approximate surface area is 103 Å². The smallest absolute Gasteiger partial charge is 0.111 e. The molecule has 1 aromatic rings. The van der Waals surface area contributed by atoms with Crippen LogP contribution in [0.15, 0.2) is 6.20 Å². The van der Waals surface area contributed by atoms with E-state index in [2.05, 4.69) is 17.2 Å². The van der Waals surface area contributed by atoms with Crippen LogP contribution in [0.5, 0.6) is 0 Å². The molecular formula is C13H23N3O. The predicted octanol–water partition coefficient (Wildman–Crippen LogP) is 2.86. The Morgan fingerprint density at radius 1 is 1.47 bits per heavy atom. The lowest BCUT2D eigenvalue weighted by molar-refractivity contribution is 0.168. The van der Waals surface area contributed by atoms with Crippen LogP contribution in [0.2, 0.25) is 0 Å². The van der Waals surface area contributed by atoms with E-state index in [4.69, 9.17) is 0 Å². The summed E-state index contributed by atoms with van der Waals surface area (Å²) in [6.45, 7) is 4.22. The predicted molar refractivity (Wildman–Crippen MR) is 66.6 cm³/mol. The number of aliphatic hydroxyl groups is 1. The third-order valence-corrected chi connectivity index (χ3v) is 3.96. The number of rotatable bonds is 4. The van der Waals surface area contributed by atoms with Gasteiger partial charge in [0.1, 0.15) is 5.69 Å². The Hall–Kier alpha value is -0.900. The van der Waals surface area contributed by atoms with Gasteiger partial charge in [0.05, 0.1) is 18.3 Å². The fourth-order valence-corrected chi connectivity index (χ4v) is 2.70. The molecule has 17 heavy (non-hydrogen) atoms. The molecule has 2 rings (SSSR count). The van der Waals surface area contributed by atoms with Crippen LogP contribution in [0, 0.1) is 5.92 Å². The van der Waals surface area contributed by atoms with E-state index in [1.165, 1.54) is 32.1 Å². The third kappa shape index (κ3) is 2.86. The molecule has 0 spiro atoms. The normalized spacial score (nSPS) is 27.0. The molecular weight excluding hydrogens is 214 g/mol. The monoisotopic (exact) mass is 237 g/mol. The SMILES string of the molecule is CCC1CCCC(n2cc(C(O)CC)nn2)C1. The van der Waals surface area contributed by atoms with Crippen molar-refractivity contribution < 1.29 is 5.11 Å². The summed E-state index contributed by atoms with van der Waals surface area (Å²) in [5.74, 6) is 0.831. The van der Waals surface area contributed by atoms with Gasteiger partial charge in [-0.2, -0.15) is 0 Å². The zero-order chi connectivity index (χ0) is 12.3. The van der Waals surface area contributed by atoms with Gasteiger partial charge in [0.15, 0.2) is 0 Å². The van der Waals surface area contributed by atoms with Crippen LogP contribution in [-0.4, -0.2) is 20.1 Å². The Morgan fingerprint density at radius 2 is 2.29 bits per heavy atom. The minimum Gasteiger partial charge on any atom is -0.387 e. The summed E-state index contributed by atoms with van der Waals surface area (Å²) in [6.07, 6.45) is 8.46. The van der Waals surface area contributed by atoms with E-state index in [0.717, 1.165) is 5.92 Å². The molecule has 0 aromatic carbocycles. The second kappa shape index (κ2) is 5.63. The Bertz CT molecular complexity index is 350. The van der Waals surface area contributed by atoms with Gasteiger partial charge in [-0.15, -0.1) is 5.10 Å². The maximum absolute atomic E-state index is 9.72. The van der Waals surface area contributed by atoms with Crippen molar-refractivity contribution in [1.29, 1.82) is 0 Å². The minimum atomic E-state index is -0.464. The van der Waals surface area contributed by atoms with Gasteiger partial charge in [-0.25, -0.2) is 4.68 Å². The molecule has 3 unspecified atom stereocenters. The fraction of sp³-hybridized carbons (Fsp3) is 0.846. The lowest BCUT2D eigenvalue weighted by atomic mass is 9.84. The standard InChI is InChI=1S/C13H23N3O/c1-3-10-6-5-7-11(8-10)16-9-12(14-15-16)13(17)4-2/h9-11,13,17H,3-8H2,1-2H3.